The minimum Gasteiger partial charge on any atom is -0.365 e. The average molecular weight is 543 g/mol. The van der Waals surface area contributed by atoms with E-state index in [1.807, 2.05) is 0 Å². The lowest BCUT2D eigenvalue weighted by Crippen LogP contribution is -2.18. The number of nitrogens with zero attached hydrogens (tertiary/aromatic N) is 3. The molecule has 0 atom stereocenters. The van der Waals surface area contributed by atoms with E-state index >= 15 is 0 Å². The molecule has 0 amide bonds. The van der Waals surface area contributed by atoms with Gasteiger partial charge < -0.3 is 15.2 Å². The second-order valence-electron chi connectivity index (χ2n) is 8.38. The predicted octanol–water partition coefficient (Wildman–Crippen LogP) is 5.13. The fraction of sp³-hybridized carbons (Fsp3) is 0.318. The van der Waals surface area contributed by atoms with Crippen molar-refractivity contribution in [1.82, 2.24) is 15.0 Å². The van der Waals surface area contributed by atoms with Crippen LogP contribution in [0.25, 0.3) is 0 Å². The molecule has 0 aliphatic carbocycles. The number of alkyl halides is 3. The SMILES string of the molecule is CCS(=O)(=O)Nc1ncccc1CNc1nc(Nc2ccc(CP(C)(C)=O)cc2)ncc1C(F)(F)F. The minimum absolute atomic E-state index is 0.0107. The van der Waals surface area contributed by atoms with Crippen LogP contribution < -0.4 is 15.4 Å². The Morgan fingerprint density at radius 2 is 1.72 bits per heavy atom. The summed E-state index contributed by atoms with van der Waals surface area (Å²) in [5.41, 5.74) is 0.658. The molecule has 0 saturated heterocycles. The molecule has 0 spiro atoms. The Hall–Kier alpha value is -3.18. The lowest BCUT2D eigenvalue weighted by Gasteiger charge is -2.16. The van der Waals surface area contributed by atoms with Crippen LogP contribution in [-0.4, -0.2) is 42.5 Å². The zero-order chi connectivity index (χ0) is 26.6. The Balaban J connectivity index is 1.83. The summed E-state index contributed by atoms with van der Waals surface area (Å²) >= 11 is 0. The van der Waals surface area contributed by atoms with Crippen LogP contribution in [0.15, 0.2) is 48.8 Å². The van der Waals surface area contributed by atoms with Gasteiger partial charge in [-0.15, -0.1) is 0 Å². The maximum atomic E-state index is 13.6. The van der Waals surface area contributed by atoms with E-state index in [4.69, 9.17) is 0 Å². The van der Waals surface area contributed by atoms with Crippen LogP contribution in [0.4, 0.5) is 36.4 Å². The van der Waals surface area contributed by atoms with Gasteiger partial charge in [-0.05, 0) is 44.0 Å². The summed E-state index contributed by atoms with van der Waals surface area (Å²) in [4.78, 5) is 11.8. The molecule has 14 heteroatoms. The van der Waals surface area contributed by atoms with E-state index in [9.17, 15) is 26.2 Å². The fourth-order valence-corrected chi connectivity index (χ4v) is 4.83. The Morgan fingerprint density at radius 1 is 1.03 bits per heavy atom. The van der Waals surface area contributed by atoms with Crippen LogP contribution in [0, 0.1) is 0 Å². The Kier molecular flexibility index (Phi) is 8.25. The van der Waals surface area contributed by atoms with Crippen LogP contribution in [0.2, 0.25) is 0 Å². The molecule has 3 aromatic rings. The van der Waals surface area contributed by atoms with E-state index in [1.165, 1.54) is 25.3 Å². The number of sulfonamides is 1. The van der Waals surface area contributed by atoms with Gasteiger partial charge in [0.15, 0.2) is 0 Å². The van der Waals surface area contributed by atoms with Gasteiger partial charge in [-0.25, -0.2) is 18.4 Å². The molecule has 3 rings (SSSR count). The smallest absolute Gasteiger partial charge is 0.365 e. The molecule has 0 aliphatic rings. The number of benzene rings is 1. The van der Waals surface area contributed by atoms with Crippen molar-refractivity contribution < 1.29 is 26.2 Å². The summed E-state index contributed by atoms with van der Waals surface area (Å²) < 4.78 is 79.0. The third-order valence-electron chi connectivity index (χ3n) is 4.84. The molecule has 194 valence electrons. The number of halogens is 3. The van der Waals surface area contributed by atoms with Crippen molar-refractivity contribution in [3.63, 3.8) is 0 Å². The number of anilines is 4. The van der Waals surface area contributed by atoms with Gasteiger partial charge in [0.2, 0.25) is 16.0 Å². The number of hydrogen-bond acceptors (Lipinski definition) is 8. The van der Waals surface area contributed by atoms with Gasteiger partial charge in [-0.2, -0.15) is 18.2 Å². The molecule has 0 saturated carbocycles. The number of pyridine rings is 1. The monoisotopic (exact) mass is 542 g/mol. The van der Waals surface area contributed by atoms with E-state index in [1.54, 1.807) is 37.6 Å². The number of hydrogen-bond donors (Lipinski definition) is 3. The highest BCUT2D eigenvalue weighted by molar-refractivity contribution is 7.92. The molecule has 0 fully saturated rings. The molecule has 0 bridgehead atoms. The average Bonchev–Trinajstić information content (AvgIpc) is 2.78. The van der Waals surface area contributed by atoms with E-state index in [0.717, 1.165) is 5.56 Å². The van der Waals surface area contributed by atoms with Crippen molar-refractivity contribution in [3.05, 3.63) is 65.5 Å². The van der Waals surface area contributed by atoms with Crippen molar-refractivity contribution in [1.29, 1.82) is 0 Å². The molecule has 36 heavy (non-hydrogen) atoms. The molecular formula is C22H26F3N6O3PS. The third-order valence-corrected chi connectivity index (χ3v) is 7.23. The van der Waals surface area contributed by atoms with Gasteiger partial charge in [0.25, 0.3) is 0 Å². The van der Waals surface area contributed by atoms with Crippen molar-refractivity contribution in [2.24, 2.45) is 0 Å². The molecule has 0 aliphatic heterocycles. The Bertz CT molecular complexity index is 1360. The lowest BCUT2D eigenvalue weighted by atomic mass is 10.2. The van der Waals surface area contributed by atoms with Crippen molar-refractivity contribution in [3.8, 4) is 0 Å². The molecule has 1 aromatic carbocycles. The van der Waals surface area contributed by atoms with Crippen LogP contribution in [0.5, 0.6) is 0 Å². The molecular weight excluding hydrogens is 516 g/mol. The van der Waals surface area contributed by atoms with Gasteiger partial charge >= 0.3 is 6.18 Å². The predicted molar refractivity (Wildman–Crippen MR) is 135 cm³/mol. The lowest BCUT2D eigenvalue weighted by molar-refractivity contribution is -0.137. The maximum Gasteiger partial charge on any atom is 0.421 e. The summed E-state index contributed by atoms with van der Waals surface area (Å²) in [5.74, 6) is -0.737. The highest BCUT2D eigenvalue weighted by Crippen LogP contribution is 2.40. The first-order valence-electron chi connectivity index (χ1n) is 10.8. The van der Waals surface area contributed by atoms with Gasteiger partial charge in [0.05, 0.1) is 12.9 Å². The van der Waals surface area contributed by atoms with Crippen molar-refractivity contribution >= 4 is 40.4 Å². The second kappa shape index (κ2) is 10.8. The van der Waals surface area contributed by atoms with Crippen LogP contribution >= 0.6 is 7.14 Å². The Labute approximate surface area is 207 Å². The normalized spacial score (nSPS) is 12.3. The van der Waals surface area contributed by atoms with Crippen LogP contribution in [-0.2, 0) is 33.5 Å². The van der Waals surface area contributed by atoms with E-state index in [0.29, 0.717) is 23.6 Å². The number of aromatic nitrogens is 3. The highest BCUT2D eigenvalue weighted by atomic mass is 32.2. The minimum atomic E-state index is -4.72. The topological polar surface area (TPSA) is 126 Å². The first-order valence-corrected chi connectivity index (χ1v) is 15.2. The van der Waals surface area contributed by atoms with Gasteiger partial charge in [0.1, 0.15) is 17.2 Å². The fourth-order valence-electron chi connectivity index (χ4n) is 3.12. The van der Waals surface area contributed by atoms with Gasteiger partial charge in [-0.1, -0.05) is 18.2 Å². The van der Waals surface area contributed by atoms with Crippen LogP contribution in [0.3, 0.4) is 0 Å². The first kappa shape index (κ1) is 27.4. The standard InChI is InChI=1S/C22H26F3N6O3PS/c1-4-36(33,34)31-19-16(6-5-11-26-19)12-27-20-18(22(23,24)25)13-28-21(30-20)29-17-9-7-15(8-10-17)14-35(2,3)32/h5-11,13H,4,12,14H2,1-3H3,(H,26,31)(H2,27,28,29,30). The number of rotatable bonds is 10. The molecule has 2 heterocycles. The summed E-state index contributed by atoms with van der Waals surface area (Å²) in [5, 5.41) is 5.48. The summed E-state index contributed by atoms with van der Waals surface area (Å²) in [7, 11) is -5.89. The van der Waals surface area contributed by atoms with E-state index < -0.39 is 34.7 Å². The Morgan fingerprint density at radius 3 is 2.33 bits per heavy atom. The quantitative estimate of drug-likeness (QED) is 0.301. The second-order valence-corrected chi connectivity index (χ2v) is 13.9. The van der Waals surface area contributed by atoms with Crippen molar-refractivity contribution in [2.75, 3.05) is 34.4 Å². The van der Waals surface area contributed by atoms with Gasteiger partial charge in [-0.3, -0.25) is 4.72 Å². The van der Waals surface area contributed by atoms with Crippen molar-refractivity contribution in [2.45, 2.75) is 25.8 Å². The largest absolute Gasteiger partial charge is 0.421 e. The number of nitrogens with one attached hydrogen (secondary N) is 3. The first-order chi connectivity index (χ1) is 16.8. The zero-order valence-electron chi connectivity index (χ0n) is 19.8. The molecule has 0 unspecified atom stereocenters. The van der Waals surface area contributed by atoms with E-state index in [2.05, 4.69) is 30.3 Å². The molecule has 9 nitrogen and oxygen atoms in total. The zero-order valence-corrected chi connectivity index (χ0v) is 21.5. The summed E-state index contributed by atoms with van der Waals surface area (Å²) in [6.45, 7) is 4.65. The summed E-state index contributed by atoms with van der Waals surface area (Å²) in [6, 6.07) is 10.0. The maximum absolute atomic E-state index is 13.6. The summed E-state index contributed by atoms with van der Waals surface area (Å²) in [6.07, 6.45) is -2.25. The van der Waals surface area contributed by atoms with Crippen LogP contribution in [0.1, 0.15) is 23.6 Å². The van der Waals surface area contributed by atoms with E-state index in [-0.39, 0.29) is 24.1 Å². The molecule has 3 N–H and O–H groups in total. The molecule has 0 radical (unpaired) electrons. The van der Waals surface area contributed by atoms with Gasteiger partial charge in [0, 0.05) is 36.4 Å². The highest BCUT2D eigenvalue weighted by Gasteiger charge is 2.35. The molecule has 2 aromatic heterocycles. The third kappa shape index (κ3) is 7.92.